The Labute approximate surface area is 151 Å². The van der Waals surface area contributed by atoms with Crippen molar-refractivity contribution in [3.63, 3.8) is 0 Å². The molecule has 0 aliphatic carbocycles. The van der Waals surface area contributed by atoms with Gasteiger partial charge >= 0.3 is 11.7 Å². The second-order valence-electron chi connectivity index (χ2n) is 5.45. The quantitative estimate of drug-likeness (QED) is 0.432. The molecule has 1 aromatic carbocycles. The summed E-state index contributed by atoms with van der Waals surface area (Å²) in [7, 11) is 0. The van der Waals surface area contributed by atoms with Crippen molar-refractivity contribution in [3.05, 3.63) is 51.1 Å². The lowest BCUT2D eigenvalue weighted by molar-refractivity contribution is -0.147. The molecule has 0 saturated heterocycles. The molecule has 1 amide bonds. The fourth-order valence-corrected chi connectivity index (χ4v) is 3.00. The van der Waals surface area contributed by atoms with Gasteiger partial charge in [0.15, 0.2) is 12.4 Å². The van der Waals surface area contributed by atoms with Crippen molar-refractivity contribution in [1.82, 2.24) is 9.97 Å². The molecule has 0 spiro atoms. The molecule has 0 fully saturated rings. The largest absolute Gasteiger partial charge is 0.456 e. The summed E-state index contributed by atoms with van der Waals surface area (Å²) in [6, 6.07) is 8.31. The average molecular weight is 373 g/mol. The highest BCUT2D eigenvalue weighted by atomic mass is 32.1. The number of aromatic nitrogens is 2. The lowest BCUT2D eigenvalue weighted by atomic mass is 10.2. The highest BCUT2D eigenvalue weighted by Gasteiger charge is 2.13. The molecule has 0 atom stereocenters. The molecule has 9 heteroatoms. The number of imidazole rings is 1. The highest BCUT2D eigenvalue weighted by molar-refractivity contribution is 7.12. The number of rotatable bonds is 7. The molecule has 134 valence electrons. The lowest BCUT2D eigenvalue weighted by Gasteiger charge is -2.06. The first kappa shape index (κ1) is 17.6. The van der Waals surface area contributed by atoms with E-state index in [1.54, 1.807) is 35.7 Å². The number of esters is 1. The van der Waals surface area contributed by atoms with Crippen LogP contribution in [-0.4, -0.2) is 34.2 Å². The third-order valence-corrected chi connectivity index (χ3v) is 4.43. The van der Waals surface area contributed by atoms with E-state index in [0.717, 1.165) is 0 Å². The first-order chi connectivity index (χ1) is 12.5. The number of hydrogen-bond donors (Lipinski definition) is 3. The van der Waals surface area contributed by atoms with E-state index < -0.39 is 18.5 Å². The molecule has 3 rings (SSSR count). The van der Waals surface area contributed by atoms with Crippen LogP contribution in [0.25, 0.3) is 11.0 Å². The minimum absolute atomic E-state index is 0.0402. The van der Waals surface area contributed by atoms with E-state index in [4.69, 9.17) is 4.74 Å². The van der Waals surface area contributed by atoms with Crippen molar-refractivity contribution in [3.8, 4) is 0 Å². The molecular formula is C17H15N3O5S. The SMILES string of the molecule is O=C(COC(=O)CCC(=O)c1cccs1)Nc1ccc2[nH]c(=O)[nH]c2c1. The second-order valence-corrected chi connectivity index (χ2v) is 6.40. The molecule has 2 heterocycles. The number of thiophene rings is 1. The third kappa shape index (κ3) is 4.45. The molecular weight excluding hydrogens is 358 g/mol. The van der Waals surface area contributed by atoms with Gasteiger partial charge in [0.05, 0.1) is 22.3 Å². The van der Waals surface area contributed by atoms with Gasteiger partial charge in [-0.25, -0.2) is 4.79 Å². The summed E-state index contributed by atoms with van der Waals surface area (Å²) >= 11 is 1.31. The van der Waals surface area contributed by atoms with E-state index in [1.807, 2.05) is 0 Å². The average Bonchev–Trinajstić information content (AvgIpc) is 3.26. The number of fused-ring (bicyclic) bond motifs is 1. The van der Waals surface area contributed by atoms with Crippen LogP contribution in [0, 0.1) is 0 Å². The maximum absolute atomic E-state index is 11.8. The van der Waals surface area contributed by atoms with Crippen molar-refractivity contribution in [2.24, 2.45) is 0 Å². The van der Waals surface area contributed by atoms with Crippen LogP contribution in [0.3, 0.4) is 0 Å². The number of carbonyl (C=O) groups is 3. The minimum Gasteiger partial charge on any atom is -0.456 e. The normalized spacial score (nSPS) is 10.6. The first-order valence-corrected chi connectivity index (χ1v) is 8.63. The van der Waals surface area contributed by atoms with Crippen LogP contribution in [0.15, 0.2) is 40.5 Å². The number of nitrogens with one attached hydrogen (secondary N) is 3. The molecule has 0 aliphatic heterocycles. The summed E-state index contributed by atoms with van der Waals surface area (Å²) in [6.45, 7) is -0.451. The predicted molar refractivity (Wildman–Crippen MR) is 96.4 cm³/mol. The van der Waals surface area contributed by atoms with Gasteiger partial charge in [-0.15, -0.1) is 11.3 Å². The molecule has 3 N–H and O–H groups in total. The Morgan fingerprint density at radius 3 is 2.65 bits per heavy atom. The van der Waals surface area contributed by atoms with Gasteiger partial charge in [0.25, 0.3) is 5.91 Å². The monoisotopic (exact) mass is 373 g/mol. The fraction of sp³-hybridized carbons (Fsp3) is 0.176. The van der Waals surface area contributed by atoms with E-state index in [0.29, 0.717) is 21.6 Å². The van der Waals surface area contributed by atoms with E-state index >= 15 is 0 Å². The van der Waals surface area contributed by atoms with Crippen molar-refractivity contribution in [2.45, 2.75) is 12.8 Å². The number of amides is 1. The van der Waals surface area contributed by atoms with Crippen LogP contribution in [0.2, 0.25) is 0 Å². The molecule has 8 nitrogen and oxygen atoms in total. The number of ether oxygens (including phenoxy) is 1. The number of H-pyrrole nitrogens is 2. The Bertz CT molecular complexity index is 1000. The van der Waals surface area contributed by atoms with Gasteiger partial charge in [-0.3, -0.25) is 14.4 Å². The van der Waals surface area contributed by atoms with Crippen molar-refractivity contribution < 1.29 is 19.1 Å². The number of anilines is 1. The predicted octanol–water partition coefficient (Wildman–Crippen LogP) is 2.06. The Morgan fingerprint density at radius 2 is 1.88 bits per heavy atom. The molecule has 0 radical (unpaired) electrons. The molecule has 2 aromatic heterocycles. The summed E-state index contributed by atoms with van der Waals surface area (Å²) in [6.07, 6.45) is -0.0426. The van der Waals surface area contributed by atoms with Crippen LogP contribution in [-0.2, 0) is 14.3 Å². The minimum atomic E-state index is -0.615. The maximum Gasteiger partial charge on any atom is 0.323 e. The van der Waals surface area contributed by atoms with Crippen molar-refractivity contribution in [2.75, 3.05) is 11.9 Å². The Morgan fingerprint density at radius 1 is 1.08 bits per heavy atom. The fourth-order valence-electron chi connectivity index (χ4n) is 2.30. The van der Waals surface area contributed by atoms with Crippen LogP contribution < -0.4 is 11.0 Å². The van der Waals surface area contributed by atoms with E-state index in [2.05, 4.69) is 15.3 Å². The van der Waals surface area contributed by atoms with Gasteiger partial charge < -0.3 is 20.0 Å². The molecule has 0 unspecified atom stereocenters. The van der Waals surface area contributed by atoms with Crippen LogP contribution in [0.5, 0.6) is 0 Å². The zero-order valence-corrected chi connectivity index (χ0v) is 14.4. The second kappa shape index (κ2) is 7.79. The Balaban J connectivity index is 1.44. The molecule has 0 aliphatic rings. The van der Waals surface area contributed by atoms with Gasteiger partial charge in [-0.05, 0) is 29.6 Å². The molecule has 0 saturated carbocycles. The summed E-state index contributed by atoms with van der Waals surface area (Å²) in [5.41, 5.74) is 1.29. The number of aromatic amines is 2. The lowest BCUT2D eigenvalue weighted by Crippen LogP contribution is -2.21. The highest BCUT2D eigenvalue weighted by Crippen LogP contribution is 2.15. The number of ketones is 1. The summed E-state index contributed by atoms with van der Waals surface area (Å²) in [5.74, 6) is -1.26. The van der Waals surface area contributed by atoms with Crippen molar-refractivity contribution >= 4 is 45.7 Å². The topological polar surface area (TPSA) is 121 Å². The number of hydrogen-bond acceptors (Lipinski definition) is 6. The maximum atomic E-state index is 11.8. The first-order valence-electron chi connectivity index (χ1n) is 7.75. The zero-order valence-electron chi connectivity index (χ0n) is 13.5. The third-order valence-electron chi connectivity index (χ3n) is 3.52. The Kier molecular flexibility index (Phi) is 5.28. The van der Waals surface area contributed by atoms with Gasteiger partial charge in [-0.2, -0.15) is 0 Å². The Hall–Kier alpha value is -3.20. The molecule has 26 heavy (non-hydrogen) atoms. The van der Waals surface area contributed by atoms with Crippen LogP contribution in [0.4, 0.5) is 5.69 Å². The van der Waals surface area contributed by atoms with Gasteiger partial charge in [-0.1, -0.05) is 6.07 Å². The number of benzene rings is 1. The van der Waals surface area contributed by atoms with Gasteiger partial charge in [0.1, 0.15) is 0 Å². The smallest absolute Gasteiger partial charge is 0.323 e. The van der Waals surface area contributed by atoms with E-state index in [-0.39, 0.29) is 24.3 Å². The zero-order chi connectivity index (χ0) is 18.5. The van der Waals surface area contributed by atoms with Gasteiger partial charge in [0.2, 0.25) is 0 Å². The molecule has 0 bridgehead atoms. The number of carbonyl (C=O) groups excluding carboxylic acids is 3. The van der Waals surface area contributed by atoms with Crippen LogP contribution >= 0.6 is 11.3 Å². The molecule has 3 aromatic rings. The van der Waals surface area contributed by atoms with E-state index in [9.17, 15) is 19.2 Å². The number of Topliss-reactive ketones (excluding diaryl/α,β-unsaturated/α-hetero) is 1. The van der Waals surface area contributed by atoms with Crippen molar-refractivity contribution in [1.29, 1.82) is 0 Å². The summed E-state index contributed by atoms with van der Waals surface area (Å²) in [5, 5.41) is 4.36. The standard InChI is InChI=1S/C17H15N3O5S/c21-13(14-2-1-7-26-14)5-6-16(23)25-9-15(22)18-10-3-4-11-12(8-10)20-17(24)19-11/h1-4,7-8H,5-6,9H2,(H,18,22)(H2,19,20,24). The van der Waals surface area contributed by atoms with E-state index in [1.165, 1.54) is 11.3 Å². The van der Waals surface area contributed by atoms with Crippen LogP contribution in [0.1, 0.15) is 22.5 Å². The van der Waals surface area contributed by atoms with Gasteiger partial charge in [0, 0.05) is 12.1 Å². The summed E-state index contributed by atoms with van der Waals surface area (Å²) < 4.78 is 4.87. The summed E-state index contributed by atoms with van der Waals surface area (Å²) in [4.78, 5) is 52.3.